The number of benzene rings is 2. The summed E-state index contributed by atoms with van der Waals surface area (Å²) in [4.78, 5) is 12.6. The smallest absolute Gasteiger partial charge is 0.335 e. The number of aliphatic hydroxyl groups excluding tert-OH is 3. The van der Waals surface area contributed by atoms with E-state index in [4.69, 9.17) is 14.6 Å². The monoisotopic (exact) mass is 526 g/mol. The molecule has 1 fully saturated rings. The van der Waals surface area contributed by atoms with Crippen molar-refractivity contribution in [3.63, 3.8) is 0 Å². The van der Waals surface area contributed by atoms with Crippen LogP contribution >= 0.6 is 0 Å². The Morgan fingerprint density at radius 2 is 1.89 bits per heavy atom. The van der Waals surface area contributed by atoms with E-state index in [0.29, 0.717) is 12.8 Å². The number of primary sulfonamides is 1. The Bertz CT molecular complexity index is 1180. The molecule has 0 aromatic heterocycles. The summed E-state index contributed by atoms with van der Waals surface area (Å²) in [5.41, 5.74) is -0.466. The first-order valence-corrected chi connectivity index (χ1v) is 12.7. The number of sulfonamides is 1. The number of ether oxygens (including phenoxy) is 2. The van der Waals surface area contributed by atoms with Gasteiger partial charge in [0.05, 0.1) is 24.4 Å². The van der Waals surface area contributed by atoms with Crippen LogP contribution < -0.4 is 14.8 Å². The summed E-state index contributed by atoms with van der Waals surface area (Å²) in [5.74, 6) is -3.88. The fourth-order valence-corrected chi connectivity index (χ4v) is 4.62. The van der Waals surface area contributed by atoms with Gasteiger partial charge in [0, 0.05) is 6.54 Å². The zero-order chi connectivity index (χ0) is 26.7. The molecule has 0 aliphatic carbocycles. The van der Waals surface area contributed by atoms with Gasteiger partial charge in [-0.05, 0) is 30.7 Å². The molecule has 3 rings (SSSR count). The third-order valence-corrected chi connectivity index (χ3v) is 6.71. The summed E-state index contributed by atoms with van der Waals surface area (Å²) in [6.07, 6.45) is -3.53. The molecule has 36 heavy (non-hydrogen) atoms. The van der Waals surface area contributed by atoms with Crippen molar-refractivity contribution in [3.8, 4) is 11.5 Å². The predicted octanol–water partition coefficient (Wildman–Crippen LogP) is 0.233. The molecule has 13 heteroatoms. The number of carbonyl (C=O) groups is 1. The minimum atomic E-state index is -4.49. The van der Waals surface area contributed by atoms with Crippen molar-refractivity contribution in [2.45, 2.75) is 48.8 Å². The van der Waals surface area contributed by atoms with Gasteiger partial charge >= 0.3 is 5.97 Å². The summed E-state index contributed by atoms with van der Waals surface area (Å²) < 4.78 is 36.2. The average molecular weight is 527 g/mol. The molecule has 0 bridgehead atoms. The van der Waals surface area contributed by atoms with Crippen LogP contribution in [0.5, 0.6) is 11.5 Å². The molecule has 0 amide bonds. The zero-order valence-electron chi connectivity index (χ0n) is 19.5. The molecule has 1 unspecified atom stereocenters. The van der Waals surface area contributed by atoms with Gasteiger partial charge in [-0.25, -0.2) is 18.4 Å². The van der Waals surface area contributed by atoms with Crippen molar-refractivity contribution in [2.24, 2.45) is 5.14 Å². The highest BCUT2D eigenvalue weighted by atomic mass is 32.2. The van der Waals surface area contributed by atoms with Crippen molar-refractivity contribution in [3.05, 3.63) is 48.0 Å². The maximum absolute atomic E-state index is 12.5. The van der Waals surface area contributed by atoms with Crippen LogP contribution in [0.1, 0.15) is 30.1 Å². The second kappa shape index (κ2) is 11.1. The van der Waals surface area contributed by atoms with Crippen LogP contribution in [0.25, 0.3) is 0 Å². The Kier molecular flexibility index (Phi) is 8.56. The summed E-state index contributed by atoms with van der Waals surface area (Å²) >= 11 is 0. The van der Waals surface area contributed by atoms with Crippen LogP contribution in [0, 0.1) is 0 Å². The van der Waals surface area contributed by atoms with Crippen LogP contribution in [-0.4, -0.2) is 83.7 Å². The van der Waals surface area contributed by atoms with Crippen LogP contribution in [0.3, 0.4) is 0 Å². The van der Waals surface area contributed by atoms with Crippen molar-refractivity contribution in [2.75, 3.05) is 24.6 Å². The molecule has 1 aliphatic heterocycles. The van der Waals surface area contributed by atoms with Crippen LogP contribution in [0.2, 0.25) is 0 Å². The third kappa shape index (κ3) is 5.95. The predicted molar refractivity (Wildman–Crippen MR) is 127 cm³/mol. The highest BCUT2D eigenvalue weighted by Crippen LogP contribution is 2.41. The molecule has 0 saturated carbocycles. The number of aliphatic hydroxyl groups is 4. The molecule has 2 aromatic rings. The lowest BCUT2D eigenvalue weighted by Gasteiger charge is -2.35. The number of hydrogen-bond donors (Lipinski definition) is 6. The zero-order valence-corrected chi connectivity index (χ0v) is 20.3. The van der Waals surface area contributed by atoms with E-state index in [1.807, 2.05) is 6.92 Å². The molecule has 0 spiro atoms. The Morgan fingerprint density at radius 1 is 1.22 bits per heavy atom. The average Bonchev–Trinajstić information content (AvgIpc) is 3.05. The maximum atomic E-state index is 12.5. The number of carboxylic acid groups (broad SMARTS) is 1. The molecule has 12 nitrogen and oxygen atoms in total. The third-order valence-electron chi connectivity index (χ3n) is 5.79. The van der Waals surface area contributed by atoms with E-state index in [-0.39, 0.29) is 23.7 Å². The van der Waals surface area contributed by atoms with Crippen LogP contribution in [-0.2, 0) is 14.8 Å². The van der Waals surface area contributed by atoms with E-state index in [1.165, 1.54) is 4.90 Å². The van der Waals surface area contributed by atoms with Gasteiger partial charge in [-0.2, -0.15) is 0 Å². The maximum Gasteiger partial charge on any atom is 0.335 e. The molecule has 0 radical (unpaired) electrons. The second-order valence-corrected chi connectivity index (χ2v) is 10.0. The van der Waals surface area contributed by atoms with E-state index in [9.17, 15) is 38.7 Å². The summed E-state index contributed by atoms with van der Waals surface area (Å²) in [5, 5.41) is 56.2. The Morgan fingerprint density at radius 3 is 2.42 bits per heavy atom. The summed E-state index contributed by atoms with van der Waals surface area (Å²) in [6.45, 7) is 0.819. The summed E-state index contributed by atoms with van der Waals surface area (Å²) in [6, 6.07) is 10.2. The normalized spacial score (nSPS) is 24.0. The van der Waals surface area contributed by atoms with Gasteiger partial charge in [0.2, 0.25) is 15.8 Å². The Hall–Kier alpha value is -2.78. The molecular weight excluding hydrogens is 496 g/mol. The minimum absolute atomic E-state index is 0.0533. The fraction of sp³-hybridized carbons (Fsp3) is 0.435. The molecule has 7 N–H and O–H groups in total. The van der Waals surface area contributed by atoms with Gasteiger partial charge in [0.25, 0.3) is 0 Å². The molecule has 4 atom stereocenters. The Labute approximate surface area is 208 Å². The number of aromatic carboxylic acids is 1. The second-order valence-electron chi connectivity index (χ2n) is 8.48. The van der Waals surface area contributed by atoms with Crippen molar-refractivity contribution < 1.29 is 48.2 Å². The quantitative estimate of drug-likeness (QED) is 0.234. The lowest BCUT2D eigenvalue weighted by atomic mass is 10.0. The van der Waals surface area contributed by atoms with Gasteiger partial charge in [-0.3, -0.25) is 0 Å². The molecular formula is C23H30N2O10S. The SMILES string of the molecule is CCCCN(CC1(O)O[C@H](CO)[C@@H](O)[C@@H]1O)c1cc(C(=O)O)cc(S(N)(=O)=O)c1Oc1ccccc1. The molecule has 1 heterocycles. The fourth-order valence-electron chi connectivity index (χ4n) is 3.92. The number of nitrogens with two attached hydrogens (primary N) is 1. The molecule has 198 valence electrons. The van der Waals surface area contributed by atoms with Crippen molar-refractivity contribution in [1.29, 1.82) is 0 Å². The van der Waals surface area contributed by atoms with Gasteiger partial charge in [-0.1, -0.05) is 31.5 Å². The number of hydrogen-bond acceptors (Lipinski definition) is 10. The van der Waals surface area contributed by atoms with Gasteiger partial charge < -0.3 is 39.9 Å². The van der Waals surface area contributed by atoms with Crippen LogP contribution in [0.15, 0.2) is 47.4 Å². The van der Waals surface area contributed by atoms with Gasteiger partial charge in [-0.15, -0.1) is 0 Å². The standard InChI is InChI=1S/C23H30N2O10S/c1-2-3-9-25(13-23(31)21(28)19(27)17(12-26)35-23)16-10-14(22(29)30)11-18(36(24,32)33)20(16)34-15-7-5-4-6-8-15/h4-8,10-11,17,19,21,26-28,31H,2-3,9,12-13H2,1H3,(H,29,30)(H2,24,32,33)/t17-,19-,21+,23?/m1/s1. The van der Waals surface area contributed by atoms with E-state index in [1.54, 1.807) is 30.3 Å². The van der Waals surface area contributed by atoms with Crippen molar-refractivity contribution in [1.82, 2.24) is 0 Å². The number of para-hydroxylation sites is 1. The van der Waals surface area contributed by atoms with Gasteiger partial charge in [0.1, 0.15) is 29.0 Å². The number of carboxylic acids is 1. The van der Waals surface area contributed by atoms with Crippen LogP contribution in [0.4, 0.5) is 5.69 Å². The van der Waals surface area contributed by atoms with E-state index in [0.717, 1.165) is 12.1 Å². The summed E-state index contributed by atoms with van der Waals surface area (Å²) in [7, 11) is -4.49. The first-order chi connectivity index (χ1) is 16.9. The van der Waals surface area contributed by atoms with Gasteiger partial charge in [0.15, 0.2) is 5.75 Å². The largest absolute Gasteiger partial charge is 0.478 e. The van der Waals surface area contributed by atoms with E-state index < -0.39 is 63.7 Å². The topological polar surface area (TPSA) is 200 Å². The lowest BCUT2D eigenvalue weighted by Crippen LogP contribution is -2.52. The number of rotatable bonds is 11. The number of anilines is 1. The molecule has 1 aliphatic rings. The Balaban J connectivity index is 2.20. The first-order valence-electron chi connectivity index (χ1n) is 11.2. The molecule has 2 aromatic carbocycles. The number of nitrogens with zero attached hydrogens (tertiary/aromatic N) is 1. The van der Waals surface area contributed by atoms with E-state index in [2.05, 4.69) is 0 Å². The number of unbranched alkanes of at least 4 members (excludes halogenated alkanes) is 1. The highest BCUT2D eigenvalue weighted by molar-refractivity contribution is 7.89. The van der Waals surface area contributed by atoms with Crippen molar-refractivity contribution >= 4 is 21.7 Å². The molecule has 1 saturated heterocycles. The first kappa shape index (κ1) is 27.8. The van der Waals surface area contributed by atoms with E-state index >= 15 is 0 Å². The lowest BCUT2D eigenvalue weighted by molar-refractivity contribution is -0.223. The highest BCUT2D eigenvalue weighted by Gasteiger charge is 2.54. The minimum Gasteiger partial charge on any atom is -0.478 e.